The molecule has 0 aliphatic carbocycles. The molecule has 1 aliphatic heterocycles. The highest BCUT2D eigenvalue weighted by Gasteiger charge is 2.22. The quantitative estimate of drug-likeness (QED) is 0.644. The van der Waals surface area contributed by atoms with E-state index in [9.17, 15) is 0 Å². The number of nitrogens with zero attached hydrogens (tertiary/aromatic N) is 4. The lowest BCUT2D eigenvalue weighted by atomic mass is 10.0. The Morgan fingerprint density at radius 2 is 1.55 bits per heavy atom. The average Bonchev–Trinajstić information content (AvgIpc) is 2.78. The molecule has 0 unspecified atom stereocenters. The van der Waals surface area contributed by atoms with E-state index >= 15 is 0 Å². The molecule has 0 atom stereocenters. The van der Waals surface area contributed by atoms with Crippen molar-refractivity contribution in [3.63, 3.8) is 0 Å². The first-order valence-corrected chi connectivity index (χ1v) is 10.2. The molecule has 3 rings (SSSR count). The van der Waals surface area contributed by atoms with E-state index in [1.54, 1.807) is 12.1 Å². The molecule has 150 valence electrons. The Kier molecular flexibility index (Phi) is 7.64. The van der Waals surface area contributed by atoms with Crippen molar-refractivity contribution in [3.05, 3.63) is 65.2 Å². The van der Waals surface area contributed by atoms with Crippen LogP contribution in [0.25, 0.3) is 0 Å². The van der Waals surface area contributed by atoms with Crippen LogP contribution in [0.5, 0.6) is 5.75 Å². The van der Waals surface area contributed by atoms with Crippen molar-refractivity contribution in [1.29, 1.82) is 10.5 Å². The molecule has 2 aromatic rings. The summed E-state index contributed by atoms with van der Waals surface area (Å²) in [5.74, 6) is 0.822. The highest BCUT2D eigenvalue weighted by molar-refractivity contribution is 5.34. The minimum atomic E-state index is 0.627. The second-order valence-corrected chi connectivity index (χ2v) is 7.63. The van der Waals surface area contributed by atoms with E-state index in [0.717, 1.165) is 43.9 Å². The second kappa shape index (κ2) is 10.6. The maximum Gasteiger partial charge on any atom is 0.119 e. The fourth-order valence-corrected chi connectivity index (χ4v) is 3.77. The first-order chi connectivity index (χ1) is 14.2. The van der Waals surface area contributed by atoms with Gasteiger partial charge in [0.25, 0.3) is 0 Å². The van der Waals surface area contributed by atoms with Gasteiger partial charge in [-0.15, -0.1) is 0 Å². The summed E-state index contributed by atoms with van der Waals surface area (Å²) >= 11 is 0. The van der Waals surface area contributed by atoms with Crippen LogP contribution in [-0.4, -0.2) is 49.1 Å². The molecule has 5 nitrogen and oxygen atoms in total. The smallest absolute Gasteiger partial charge is 0.119 e. The molecular weight excluding hydrogens is 360 g/mol. The fraction of sp³-hybridized carbons (Fsp3) is 0.417. The van der Waals surface area contributed by atoms with Crippen molar-refractivity contribution in [2.45, 2.75) is 31.8 Å². The largest absolute Gasteiger partial charge is 0.494 e. The monoisotopic (exact) mass is 388 g/mol. The number of rotatable bonds is 8. The molecule has 0 bridgehead atoms. The molecule has 1 heterocycles. The van der Waals surface area contributed by atoms with E-state index in [1.807, 2.05) is 24.3 Å². The molecule has 29 heavy (non-hydrogen) atoms. The third-order valence-electron chi connectivity index (χ3n) is 5.58. The van der Waals surface area contributed by atoms with Gasteiger partial charge in [-0.1, -0.05) is 12.1 Å². The van der Waals surface area contributed by atoms with Gasteiger partial charge in [0.2, 0.25) is 0 Å². The predicted octanol–water partition coefficient (Wildman–Crippen LogP) is 3.80. The lowest BCUT2D eigenvalue weighted by Gasteiger charge is -2.36. The van der Waals surface area contributed by atoms with E-state index in [4.69, 9.17) is 15.3 Å². The van der Waals surface area contributed by atoms with E-state index < -0.39 is 0 Å². The molecule has 1 aliphatic rings. The Bertz CT molecular complexity index is 840. The Hall–Kier alpha value is -2.86. The summed E-state index contributed by atoms with van der Waals surface area (Å²) < 4.78 is 5.78. The third kappa shape index (κ3) is 6.32. The highest BCUT2D eigenvalue weighted by atomic mass is 16.5. The minimum absolute atomic E-state index is 0.627. The summed E-state index contributed by atoms with van der Waals surface area (Å²) in [5.41, 5.74) is 2.65. The zero-order chi connectivity index (χ0) is 20.5. The first kappa shape index (κ1) is 20.9. The number of likely N-dealkylation sites (tertiary alicyclic amines) is 1. The Morgan fingerprint density at radius 1 is 0.966 bits per heavy atom. The van der Waals surface area contributed by atoms with Crippen LogP contribution < -0.4 is 4.74 Å². The van der Waals surface area contributed by atoms with Gasteiger partial charge < -0.3 is 9.64 Å². The maximum absolute atomic E-state index is 8.90. The van der Waals surface area contributed by atoms with Gasteiger partial charge in [-0.25, -0.2) is 0 Å². The molecule has 0 aromatic heterocycles. The normalized spacial score (nSPS) is 15.0. The molecule has 0 amide bonds. The van der Waals surface area contributed by atoms with Crippen molar-refractivity contribution in [1.82, 2.24) is 9.80 Å². The molecule has 0 radical (unpaired) electrons. The van der Waals surface area contributed by atoms with Gasteiger partial charge in [-0.05, 0) is 81.4 Å². The number of hydrogen-bond donors (Lipinski definition) is 0. The lowest BCUT2D eigenvalue weighted by molar-refractivity contribution is 0.118. The third-order valence-corrected chi connectivity index (χ3v) is 5.58. The number of hydrogen-bond acceptors (Lipinski definition) is 5. The summed E-state index contributed by atoms with van der Waals surface area (Å²) in [6, 6.07) is 20.1. The molecule has 1 fully saturated rings. The standard InChI is InChI=1S/C24H28N4O/c1-27(13-2-16-29-24-9-7-21(18-26)8-10-24)23-11-14-28(15-12-23)19-22-5-3-20(17-25)4-6-22/h3-10,23H,2,11-16,19H2,1H3. The van der Waals surface area contributed by atoms with Gasteiger partial charge in [0, 0.05) is 19.1 Å². The molecule has 0 N–H and O–H groups in total. The van der Waals surface area contributed by atoms with Crippen molar-refractivity contribution in [2.24, 2.45) is 0 Å². The van der Waals surface area contributed by atoms with Crippen LogP contribution >= 0.6 is 0 Å². The maximum atomic E-state index is 8.90. The van der Waals surface area contributed by atoms with Gasteiger partial charge in [-0.2, -0.15) is 10.5 Å². The summed E-state index contributed by atoms with van der Waals surface area (Å²) in [6.07, 6.45) is 3.36. The van der Waals surface area contributed by atoms with Crippen LogP contribution in [0.2, 0.25) is 0 Å². The Labute approximate surface area is 173 Å². The molecule has 0 saturated carbocycles. The van der Waals surface area contributed by atoms with Gasteiger partial charge in [0.15, 0.2) is 0 Å². The van der Waals surface area contributed by atoms with E-state index in [2.05, 4.69) is 41.1 Å². The highest BCUT2D eigenvalue weighted by Crippen LogP contribution is 2.18. The lowest BCUT2D eigenvalue weighted by Crippen LogP contribution is -2.43. The van der Waals surface area contributed by atoms with E-state index in [0.29, 0.717) is 18.2 Å². The SMILES string of the molecule is CN(CCCOc1ccc(C#N)cc1)C1CCN(Cc2ccc(C#N)cc2)CC1. The van der Waals surface area contributed by atoms with Crippen LogP contribution in [0.15, 0.2) is 48.5 Å². The second-order valence-electron chi connectivity index (χ2n) is 7.63. The van der Waals surface area contributed by atoms with Crippen molar-refractivity contribution in [3.8, 4) is 17.9 Å². The first-order valence-electron chi connectivity index (χ1n) is 10.2. The molecule has 0 spiro atoms. The average molecular weight is 389 g/mol. The number of ether oxygens (including phenoxy) is 1. The summed E-state index contributed by atoms with van der Waals surface area (Å²) in [5, 5.41) is 17.7. The topological polar surface area (TPSA) is 63.3 Å². The van der Waals surface area contributed by atoms with Crippen LogP contribution in [0.1, 0.15) is 36.0 Å². The van der Waals surface area contributed by atoms with Crippen molar-refractivity contribution >= 4 is 0 Å². The van der Waals surface area contributed by atoms with Crippen LogP contribution in [0, 0.1) is 22.7 Å². The van der Waals surface area contributed by atoms with Gasteiger partial charge in [-0.3, -0.25) is 4.90 Å². The summed E-state index contributed by atoms with van der Waals surface area (Å²) in [6.45, 7) is 4.89. The minimum Gasteiger partial charge on any atom is -0.494 e. The summed E-state index contributed by atoms with van der Waals surface area (Å²) in [7, 11) is 2.21. The van der Waals surface area contributed by atoms with E-state index in [1.165, 1.54) is 18.4 Å². The zero-order valence-electron chi connectivity index (χ0n) is 17.1. The number of benzene rings is 2. The molecule has 1 saturated heterocycles. The van der Waals surface area contributed by atoms with Crippen molar-refractivity contribution in [2.75, 3.05) is 33.3 Å². The zero-order valence-corrected chi connectivity index (χ0v) is 17.1. The molecule has 2 aromatic carbocycles. The fourth-order valence-electron chi connectivity index (χ4n) is 3.77. The van der Waals surface area contributed by atoms with Crippen LogP contribution in [0.4, 0.5) is 0 Å². The number of nitriles is 2. The Balaban J connectivity index is 1.33. The number of piperidine rings is 1. The van der Waals surface area contributed by atoms with Gasteiger partial charge in [0.1, 0.15) is 5.75 Å². The van der Waals surface area contributed by atoms with Gasteiger partial charge in [0.05, 0.1) is 29.9 Å². The van der Waals surface area contributed by atoms with Gasteiger partial charge >= 0.3 is 0 Å². The summed E-state index contributed by atoms with van der Waals surface area (Å²) in [4.78, 5) is 4.96. The molecule has 5 heteroatoms. The van der Waals surface area contributed by atoms with Crippen molar-refractivity contribution < 1.29 is 4.74 Å². The Morgan fingerprint density at radius 3 is 2.14 bits per heavy atom. The van der Waals surface area contributed by atoms with E-state index in [-0.39, 0.29) is 0 Å². The molecular formula is C24H28N4O. The predicted molar refractivity (Wildman–Crippen MR) is 113 cm³/mol. The van der Waals surface area contributed by atoms with Crippen LogP contribution in [0.3, 0.4) is 0 Å². The van der Waals surface area contributed by atoms with Crippen LogP contribution in [-0.2, 0) is 6.54 Å².